The fourth-order valence-corrected chi connectivity index (χ4v) is 3.42. The van der Waals surface area contributed by atoms with Crippen LogP contribution in [0.1, 0.15) is 10.4 Å². The van der Waals surface area contributed by atoms with E-state index in [9.17, 15) is 4.79 Å². The van der Waals surface area contributed by atoms with Gasteiger partial charge in [-0.15, -0.1) is 11.8 Å². The molecule has 3 aromatic rings. The molecule has 1 amide bonds. The maximum Gasteiger partial charge on any atom is 0.269 e. The summed E-state index contributed by atoms with van der Waals surface area (Å²) >= 11 is 9.15. The zero-order valence-electron chi connectivity index (χ0n) is 11.6. The summed E-state index contributed by atoms with van der Waals surface area (Å²) in [7, 11) is 0. The molecule has 1 heterocycles. The molecule has 1 aromatic heterocycles. The van der Waals surface area contributed by atoms with Crippen molar-refractivity contribution in [1.82, 2.24) is 10.4 Å². The van der Waals surface area contributed by atoms with Crippen LogP contribution in [0, 0.1) is 0 Å². The van der Waals surface area contributed by atoms with E-state index in [4.69, 9.17) is 11.6 Å². The lowest BCUT2D eigenvalue weighted by atomic mass is 10.2. The lowest BCUT2D eigenvalue weighted by molar-refractivity contribution is 0.0962. The molecule has 0 saturated heterocycles. The highest BCUT2D eigenvalue weighted by atomic mass is 35.5. The molecule has 2 N–H and O–H groups in total. The van der Waals surface area contributed by atoms with E-state index in [-0.39, 0.29) is 5.91 Å². The van der Waals surface area contributed by atoms with E-state index in [0.29, 0.717) is 15.7 Å². The highest BCUT2D eigenvalue weighted by molar-refractivity contribution is 7.98. The first-order valence-corrected chi connectivity index (χ1v) is 8.85. The normalized spacial score (nSPS) is 10.6. The summed E-state index contributed by atoms with van der Waals surface area (Å²) in [5, 5.41) is 1.19. The second-order valence-corrected chi connectivity index (χ2v) is 6.73. The molecule has 0 fully saturated rings. The molecule has 0 bridgehead atoms. The lowest BCUT2D eigenvalue weighted by Crippen LogP contribution is -2.29. The number of nitrogens with zero attached hydrogens (tertiary/aromatic N) is 1. The van der Waals surface area contributed by atoms with Gasteiger partial charge in [0, 0.05) is 10.5 Å². The van der Waals surface area contributed by atoms with Crippen LogP contribution in [-0.4, -0.2) is 17.1 Å². The minimum Gasteiger partial charge on any atom is -0.273 e. The van der Waals surface area contributed by atoms with Crippen molar-refractivity contribution < 1.29 is 4.79 Å². The number of para-hydroxylation sites is 1. The summed E-state index contributed by atoms with van der Waals surface area (Å²) in [4.78, 5) is 17.5. The number of benzene rings is 2. The van der Waals surface area contributed by atoms with Gasteiger partial charge < -0.3 is 0 Å². The second kappa shape index (κ2) is 6.56. The van der Waals surface area contributed by atoms with Gasteiger partial charge in [-0.2, -0.15) is 0 Å². The van der Waals surface area contributed by atoms with Crippen LogP contribution in [0.5, 0.6) is 0 Å². The molecular weight excluding hydrogens is 338 g/mol. The zero-order valence-corrected chi connectivity index (χ0v) is 14.0. The third kappa shape index (κ3) is 3.19. The van der Waals surface area contributed by atoms with Crippen molar-refractivity contribution in [3.05, 3.63) is 53.1 Å². The first kappa shape index (κ1) is 15.1. The predicted molar refractivity (Wildman–Crippen MR) is 93.9 cm³/mol. The standard InChI is InChI=1S/C15H12ClN3OS2/c1-21-10-7-5-9(6-8-10)14(20)18-19-15-17-13-11(16)3-2-4-12(13)22-15/h2-8H,1H3,(H,17,19)(H,18,20). The number of thiazole rings is 1. The molecule has 22 heavy (non-hydrogen) atoms. The minimum atomic E-state index is -0.210. The number of carbonyl (C=O) groups excluding carboxylic acids is 1. The Hall–Kier alpha value is -1.76. The van der Waals surface area contributed by atoms with Gasteiger partial charge in [0.1, 0.15) is 5.52 Å². The number of amides is 1. The molecule has 0 aliphatic rings. The summed E-state index contributed by atoms with van der Waals surface area (Å²) < 4.78 is 0.966. The second-order valence-electron chi connectivity index (χ2n) is 4.41. The Labute approximate surface area is 140 Å². The highest BCUT2D eigenvalue weighted by Gasteiger charge is 2.09. The van der Waals surface area contributed by atoms with Gasteiger partial charge in [-0.25, -0.2) is 4.98 Å². The molecular formula is C15H12ClN3OS2. The maximum absolute atomic E-state index is 12.1. The number of fused-ring (bicyclic) bond motifs is 1. The Morgan fingerprint density at radius 3 is 2.68 bits per heavy atom. The quantitative estimate of drug-likeness (QED) is 0.540. The van der Waals surface area contributed by atoms with Gasteiger partial charge in [0.15, 0.2) is 0 Å². The predicted octanol–water partition coefficient (Wildman–Crippen LogP) is 4.43. The molecule has 2 aromatic carbocycles. The number of aromatic nitrogens is 1. The first-order chi connectivity index (χ1) is 10.7. The third-order valence-corrected chi connectivity index (χ3v) is 4.99. The number of thioether (sulfide) groups is 1. The van der Waals surface area contributed by atoms with Crippen molar-refractivity contribution in [2.45, 2.75) is 4.90 Å². The molecule has 0 saturated carbocycles. The first-order valence-electron chi connectivity index (χ1n) is 6.43. The van der Waals surface area contributed by atoms with Crippen LogP contribution in [0.3, 0.4) is 0 Å². The van der Waals surface area contributed by atoms with E-state index in [1.807, 2.05) is 30.5 Å². The summed E-state index contributed by atoms with van der Waals surface area (Å²) in [6, 6.07) is 13.0. The Morgan fingerprint density at radius 1 is 1.23 bits per heavy atom. The molecule has 3 rings (SSSR count). The number of carbonyl (C=O) groups is 1. The van der Waals surface area contributed by atoms with Crippen molar-refractivity contribution in [1.29, 1.82) is 0 Å². The van der Waals surface area contributed by atoms with Gasteiger partial charge in [0.2, 0.25) is 5.13 Å². The van der Waals surface area contributed by atoms with E-state index in [0.717, 1.165) is 15.1 Å². The fourth-order valence-electron chi connectivity index (χ4n) is 1.89. The Bertz CT molecular complexity index is 817. The topological polar surface area (TPSA) is 54.0 Å². The molecule has 112 valence electrons. The number of hydrogen-bond donors (Lipinski definition) is 2. The van der Waals surface area contributed by atoms with Crippen LogP contribution < -0.4 is 10.9 Å². The summed E-state index contributed by atoms with van der Waals surface area (Å²) in [5.41, 5.74) is 6.79. The number of nitrogens with one attached hydrogen (secondary N) is 2. The average molecular weight is 350 g/mol. The smallest absolute Gasteiger partial charge is 0.269 e. The van der Waals surface area contributed by atoms with Gasteiger partial charge in [0.25, 0.3) is 5.91 Å². The Kier molecular flexibility index (Phi) is 4.52. The largest absolute Gasteiger partial charge is 0.273 e. The van der Waals surface area contributed by atoms with E-state index >= 15 is 0 Å². The van der Waals surface area contributed by atoms with Crippen LogP contribution in [0.25, 0.3) is 10.2 Å². The van der Waals surface area contributed by atoms with Crippen LogP contribution in [0.4, 0.5) is 5.13 Å². The number of rotatable bonds is 4. The third-order valence-electron chi connectivity index (χ3n) is 3.00. The van der Waals surface area contributed by atoms with Gasteiger partial charge in [-0.3, -0.25) is 15.6 Å². The average Bonchev–Trinajstić information content (AvgIpc) is 2.97. The van der Waals surface area contributed by atoms with Crippen molar-refractivity contribution in [3.63, 3.8) is 0 Å². The number of hydrazine groups is 1. The SMILES string of the molecule is CSc1ccc(C(=O)NNc2nc3c(Cl)cccc3s2)cc1. The number of anilines is 1. The van der Waals surface area contributed by atoms with E-state index in [1.54, 1.807) is 30.0 Å². The van der Waals surface area contributed by atoms with Gasteiger partial charge in [-0.1, -0.05) is 29.0 Å². The molecule has 0 aliphatic heterocycles. The van der Waals surface area contributed by atoms with Crippen LogP contribution >= 0.6 is 34.7 Å². The van der Waals surface area contributed by atoms with Crippen molar-refractivity contribution in [3.8, 4) is 0 Å². The summed E-state index contributed by atoms with van der Waals surface area (Å²) in [6.07, 6.45) is 1.99. The fraction of sp³-hybridized carbons (Fsp3) is 0.0667. The summed E-state index contributed by atoms with van der Waals surface area (Å²) in [5.74, 6) is -0.210. The Balaban J connectivity index is 1.70. The minimum absolute atomic E-state index is 0.210. The maximum atomic E-state index is 12.1. The molecule has 0 atom stereocenters. The lowest BCUT2D eigenvalue weighted by Gasteiger charge is -2.05. The molecule has 7 heteroatoms. The molecule has 0 radical (unpaired) electrons. The van der Waals surface area contributed by atoms with Gasteiger partial charge >= 0.3 is 0 Å². The zero-order chi connectivity index (χ0) is 15.5. The van der Waals surface area contributed by atoms with E-state index < -0.39 is 0 Å². The number of halogens is 1. The van der Waals surface area contributed by atoms with Crippen LogP contribution in [0.15, 0.2) is 47.4 Å². The monoisotopic (exact) mass is 349 g/mol. The van der Waals surface area contributed by atoms with Crippen molar-refractivity contribution in [2.24, 2.45) is 0 Å². The van der Waals surface area contributed by atoms with Crippen molar-refractivity contribution in [2.75, 3.05) is 11.7 Å². The van der Waals surface area contributed by atoms with E-state index in [2.05, 4.69) is 15.8 Å². The van der Waals surface area contributed by atoms with Gasteiger partial charge in [-0.05, 0) is 42.7 Å². The molecule has 0 unspecified atom stereocenters. The van der Waals surface area contributed by atoms with Crippen molar-refractivity contribution >= 4 is 56.0 Å². The van der Waals surface area contributed by atoms with Crippen LogP contribution in [-0.2, 0) is 0 Å². The molecule has 0 spiro atoms. The van der Waals surface area contributed by atoms with Crippen LogP contribution in [0.2, 0.25) is 5.02 Å². The molecule has 4 nitrogen and oxygen atoms in total. The number of hydrogen-bond acceptors (Lipinski definition) is 5. The Morgan fingerprint density at radius 2 is 2.00 bits per heavy atom. The van der Waals surface area contributed by atoms with Gasteiger partial charge in [0.05, 0.1) is 9.72 Å². The highest BCUT2D eigenvalue weighted by Crippen LogP contribution is 2.30. The van der Waals surface area contributed by atoms with E-state index in [1.165, 1.54) is 11.3 Å². The molecule has 0 aliphatic carbocycles. The summed E-state index contributed by atoms with van der Waals surface area (Å²) in [6.45, 7) is 0.